The highest BCUT2D eigenvalue weighted by Gasteiger charge is 2.23. The molecule has 18 heavy (non-hydrogen) atoms. The lowest BCUT2D eigenvalue weighted by Gasteiger charge is -2.05. The van der Waals surface area contributed by atoms with Gasteiger partial charge in [-0.1, -0.05) is 18.2 Å². The van der Waals surface area contributed by atoms with Crippen LogP contribution in [0.15, 0.2) is 35.2 Å². The number of amides is 2. The van der Waals surface area contributed by atoms with Crippen LogP contribution in [-0.2, 0) is 9.59 Å². The first kappa shape index (κ1) is 13.0. The van der Waals surface area contributed by atoms with Gasteiger partial charge in [0.1, 0.15) is 0 Å². The molecule has 0 bridgehead atoms. The quantitative estimate of drug-likeness (QED) is 0.758. The molecule has 0 saturated heterocycles. The lowest BCUT2D eigenvalue weighted by molar-refractivity contribution is -0.124. The average molecular weight is 264 g/mol. The molecule has 96 valence electrons. The molecule has 1 saturated carbocycles. The first-order valence-electron chi connectivity index (χ1n) is 5.98. The van der Waals surface area contributed by atoms with Crippen molar-refractivity contribution in [3.05, 3.63) is 30.3 Å². The number of rotatable bonds is 6. The predicted molar refractivity (Wildman–Crippen MR) is 71.3 cm³/mol. The Bertz CT molecular complexity index is 418. The van der Waals surface area contributed by atoms with Crippen molar-refractivity contribution in [1.29, 1.82) is 0 Å². The van der Waals surface area contributed by atoms with Gasteiger partial charge in [-0.2, -0.15) is 0 Å². The van der Waals surface area contributed by atoms with Gasteiger partial charge in [0.25, 0.3) is 0 Å². The van der Waals surface area contributed by atoms with Gasteiger partial charge in [-0.3, -0.25) is 9.59 Å². The zero-order valence-corrected chi connectivity index (χ0v) is 10.8. The van der Waals surface area contributed by atoms with Gasteiger partial charge in [0.05, 0.1) is 12.3 Å². The summed E-state index contributed by atoms with van der Waals surface area (Å²) >= 11 is 1.46. The fraction of sp³-hybridized carbons (Fsp3) is 0.385. The van der Waals surface area contributed by atoms with E-state index in [0.29, 0.717) is 11.8 Å². The second-order valence-electron chi connectivity index (χ2n) is 4.22. The van der Waals surface area contributed by atoms with Gasteiger partial charge in [-0.15, -0.1) is 11.8 Å². The zero-order valence-electron chi connectivity index (χ0n) is 10.0. The summed E-state index contributed by atoms with van der Waals surface area (Å²) in [6.45, 7) is 0.0741. The van der Waals surface area contributed by atoms with Crippen molar-refractivity contribution < 1.29 is 9.59 Å². The van der Waals surface area contributed by atoms with Gasteiger partial charge in [0, 0.05) is 10.9 Å². The first-order valence-corrected chi connectivity index (χ1v) is 6.96. The van der Waals surface area contributed by atoms with Crippen molar-refractivity contribution in [3.8, 4) is 0 Å². The molecule has 1 fully saturated rings. The molecule has 0 aliphatic heterocycles. The maximum atomic E-state index is 11.5. The van der Waals surface area contributed by atoms with E-state index in [-0.39, 0.29) is 18.4 Å². The van der Waals surface area contributed by atoms with E-state index in [0.717, 1.165) is 17.7 Å². The Morgan fingerprint density at radius 3 is 2.56 bits per heavy atom. The van der Waals surface area contributed by atoms with Gasteiger partial charge < -0.3 is 10.6 Å². The van der Waals surface area contributed by atoms with E-state index >= 15 is 0 Å². The van der Waals surface area contributed by atoms with Crippen LogP contribution in [0.5, 0.6) is 0 Å². The van der Waals surface area contributed by atoms with Crippen LogP contribution in [0.1, 0.15) is 12.8 Å². The Labute approximate surface area is 111 Å². The summed E-state index contributed by atoms with van der Waals surface area (Å²) in [7, 11) is 0. The summed E-state index contributed by atoms with van der Waals surface area (Å²) in [6.07, 6.45) is 2.12. The van der Waals surface area contributed by atoms with E-state index in [9.17, 15) is 9.59 Å². The van der Waals surface area contributed by atoms with E-state index in [1.807, 2.05) is 30.3 Å². The summed E-state index contributed by atoms with van der Waals surface area (Å²) in [5, 5.41) is 5.44. The van der Waals surface area contributed by atoms with Crippen LogP contribution in [0.4, 0.5) is 0 Å². The van der Waals surface area contributed by atoms with Crippen LogP contribution in [0.2, 0.25) is 0 Å². The molecule has 4 nitrogen and oxygen atoms in total. The minimum Gasteiger partial charge on any atom is -0.352 e. The molecule has 0 radical (unpaired) electrons. The second kappa shape index (κ2) is 6.44. The van der Waals surface area contributed by atoms with Crippen LogP contribution >= 0.6 is 11.8 Å². The Kier molecular flexibility index (Phi) is 4.64. The van der Waals surface area contributed by atoms with Crippen molar-refractivity contribution >= 4 is 23.6 Å². The third kappa shape index (κ3) is 4.79. The van der Waals surface area contributed by atoms with E-state index in [4.69, 9.17) is 0 Å². The smallest absolute Gasteiger partial charge is 0.239 e. The van der Waals surface area contributed by atoms with Gasteiger partial charge >= 0.3 is 0 Å². The summed E-state index contributed by atoms with van der Waals surface area (Å²) in [4.78, 5) is 23.9. The number of nitrogens with one attached hydrogen (secondary N) is 2. The first-order chi connectivity index (χ1) is 8.74. The highest BCUT2D eigenvalue weighted by molar-refractivity contribution is 8.00. The molecule has 2 rings (SSSR count). The standard InChI is InChI=1S/C13H16N2O2S/c16-12(15-10-6-7-10)8-14-13(17)9-18-11-4-2-1-3-5-11/h1-5,10H,6-9H2,(H,14,17)(H,15,16). The topological polar surface area (TPSA) is 58.2 Å². The second-order valence-corrected chi connectivity index (χ2v) is 5.27. The molecule has 2 N–H and O–H groups in total. The number of benzene rings is 1. The number of carbonyl (C=O) groups excluding carboxylic acids is 2. The average Bonchev–Trinajstić information content (AvgIpc) is 3.19. The lowest BCUT2D eigenvalue weighted by Crippen LogP contribution is -2.38. The van der Waals surface area contributed by atoms with Crippen LogP contribution < -0.4 is 10.6 Å². The SMILES string of the molecule is O=C(CSc1ccccc1)NCC(=O)NC1CC1. The van der Waals surface area contributed by atoms with Gasteiger partial charge in [-0.25, -0.2) is 0 Å². The number of hydrogen-bond acceptors (Lipinski definition) is 3. The summed E-state index contributed by atoms with van der Waals surface area (Å²) in [6, 6.07) is 10.1. The molecule has 1 aromatic rings. The molecule has 5 heteroatoms. The molecule has 0 atom stereocenters. The molecule has 0 spiro atoms. The summed E-state index contributed by atoms with van der Waals surface area (Å²) in [5.74, 6) is 0.117. The number of carbonyl (C=O) groups is 2. The Morgan fingerprint density at radius 2 is 1.89 bits per heavy atom. The molecular weight excluding hydrogens is 248 g/mol. The maximum absolute atomic E-state index is 11.5. The maximum Gasteiger partial charge on any atom is 0.239 e. The van der Waals surface area contributed by atoms with Crippen molar-refractivity contribution in [1.82, 2.24) is 10.6 Å². The monoisotopic (exact) mass is 264 g/mol. The third-order valence-corrected chi connectivity index (χ3v) is 3.51. The van der Waals surface area contributed by atoms with E-state index < -0.39 is 0 Å². The Hall–Kier alpha value is -1.49. The highest BCUT2D eigenvalue weighted by Crippen LogP contribution is 2.18. The van der Waals surface area contributed by atoms with Gasteiger partial charge in [0.2, 0.25) is 11.8 Å². The van der Waals surface area contributed by atoms with Crippen molar-refractivity contribution in [3.63, 3.8) is 0 Å². The number of hydrogen-bond donors (Lipinski definition) is 2. The van der Waals surface area contributed by atoms with Crippen LogP contribution in [-0.4, -0.2) is 30.2 Å². The van der Waals surface area contributed by atoms with E-state index in [2.05, 4.69) is 10.6 Å². The zero-order chi connectivity index (χ0) is 12.8. The van der Waals surface area contributed by atoms with Crippen LogP contribution in [0.3, 0.4) is 0 Å². The molecule has 0 aromatic heterocycles. The van der Waals surface area contributed by atoms with Gasteiger partial charge in [0.15, 0.2) is 0 Å². The highest BCUT2D eigenvalue weighted by atomic mass is 32.2. The van der Waals surface area contributed by atoms with Crippen molar-refractivity contribution in [2.45, 2.75) is 23.8 Å². The summed E-state index contributed by atoms with van der Waals surface area (Å²) in [5.41, 5.74) is 0. The molecule has 0 heterocycles. The molecule has 1 aromatic carbocycles. The minimum absolute atomic E-state index is 0.0741. The lowest BCUT2D eigenvalue weighted by atomic mass is 10.4. The minimum atomic E-state index is -0.116. The largest absolute Gasteiger partial charge is 0.352 e. The van der Waals surface area contributed by atoms with E-state index in [1.165, 1.54) is 11.8 Å². The molecule has 1 aliphatic carbocycles. The van der Waals surface area contributed by atoms with Crippen molar-refractivity contribution in [2.24, 2.45) is 0 Å². The molecule has 2 amide bonds. The summed E-state index contributed by atoms with van der Waals surface area (Å²) < 4.78 is 0. The fourth-order valence-electron chi connectivity index (χ4n) is 1.40. The van der Waals surface area contributed by atoms with Crippen molar-refractivity contribution in [2.75, 3.05) is 12.3 Å². The van der Waals surface area contributed by atoms with E-state index in [1.54, 1.807) is 0 Å². The molecular formula is C13H16N2O2S. The van der Waals surface area contributed by atoms with Gasteiger partial charge in [-0.05, 0) is 25.0 Å². The normalized spacial score (nSPS) is 14.0. The van der Waals surface area contributed by atoms with Crippen LogP contribution in [0, 0.1) is 0 Å². The fourth-order valence-corrected chi connectivity index (χ4v) is 2.15. The molecule has 1 aliphatic rings. The number of thioether (sulfide) groups is 1. The Balaban J connectivity index is 1.61. The molecule has 0 unspecified atom stereocenters. The Morgan fingerprint density at radius 1 is 1.17 bits per heavy atom. The van der Waals surface area contributed by atoms with Crippen LogP contribution in [0.25, 0.3) is 0 Å². The third-order valence-electron chi connectivity index (χ3n) is 2.50. The predicted octanol–water partition coefficient (Wildman–Crippen LogP) is 1.17.